The number of anilines is 3. The topological polar surface area (TPSA) is 97.1 Å². The molecule has 3 aromatic rings. The fourth-order valence-corrected chi connectivity index (χ4v) is 4.21. The quantitative estimate of drug-likeness (QED) is 0.593. The van der Waals surface area contributed by atoms with Gasteiger partial charge in [0.25, 0.3) is 0 Å². The molecule has 7 nitrogen and oxygen atoms in total. The first kappa shape index (κ1) is 18.1. The van der Waals surface area contributed by atoms with E-state index in [1.54, 1.807) is 13.0 Å². The molecule has 0 spiro atoms. The summed E-state index contributed by atoms with van der Waals surface area (Å²) in [5, 5.41) is 5.69. The van der Waals surface area contributed by atoms with Gasteiger partial charge in [-0.3, -0.25) is 4.72 Å². The van der Waals surface area contributed by atoms with E-state index in [0.717, 1.165) is 0 Å². The van der Waals surface area contributed by atoms with Gasteiger partial charge in [-0.1, -0.05) is 21.1 Å². The van der Waals surface area contributed by atoms with E-state index < -0.39 is 26.9 Å². The molecule has 2 N–H and O–H groups in total. The number of aromatic nitrogens is 2. The van der Waals surface area contributed by atoms with Gasteiger partial charge in [0.1, 0.15) is 22.7 Å². The Kier molecular flexibility index (Phi) is 4.30. The molecule has 142 valence electrons. The predicted molar refractivity (Wildman–Crippen MR) is 99.4 cm³/mol. The van der Waals surface area contributed by atoms with Crippen molar-refractivity contribution in [3.05, 3.63) is 40.0 Å². The van der Waals surface area contributed by atoms with Crippen LogP contribution in [0.1, 0.15) is 18.5 Å². The lowest BCUT2D eigenvalue weighted by Crippen LogP contribution is -2.19. The number of hydrogen-bond acceptors (Lipinski definition) is 6. The summed E-state index contributed by atoms with van der Waals surface area (Å²) in [6.45, 7) is 1.55. The van der Waals surface area contributed by atoms with Crippen molar-refractivity contribution in [1.29, 1.82) is 0 Å². The molecule has 27 heavy (non-hydrogen) atoms. The maximum absolute atomic E-state index is 15.0. The second kappa shape index (κ2) is 6.41. The summed E-state index contributed by atoms with van der Waals surface area (Å²) in [7, 11) is -3.72. The maximum Gasteiger partial charge on any atom is 0.236 e. The lowest BCUT2D eigenvalue weighted by molar-refractivity contribution is 0.435. The Hall–Kier alpha value is -2.27. The zero-order chi connectivity index (χ0) is 19.3. The van der Waals surface area contributed by atoms with Crippen molar-refractivity contribution in [2.45, 2.75) is 25.0 Å². The number of nitrogens with zero attached hydrogens (tertiary/aromatic N) is 2. The van der Waals surface area contributed by atoms with Crippen molar-refractivity contribution in [3.63, 3.8) is 0 Å². The van der Waals surface area contributed by atoms with Crippen molar-refractivity contribution in [1.82, 2.24) is 10.1 Å². The van der Waals surface area contributed by atoms with E-state index in [4.69, 9.17) is 4.52 Å². The fourth-order valence-electron chi connectivity index (χ4n) is 2.54. The highest BCUT2D eigenvalue weighted by atomic mass is 79.9. The fraction of sp³-hybridized carbons (Fsp3) is 0.250. The van der Waals surface area contributed by atoms with Crippen LogP contribution in [0.15, 0.2) is 27.2 Å². The molecule has 0 amide bonds. The van der Waals surface area contributed by atoms with Crippen molar-refractivity contribution in [2.75, 3.05) is 10.0 Å². The number of benzene rings is 1. The number of aryl methyl sites for hydroxylation is 1. The van der Waals surface area contributed by atoms with Crippen LogP contribution in [-0.2, 0) is 10.0 Å². The van der Waals surface area contributed by atoms with Gasteiger partial charge in [-0.15, -0.1) is 0 Å². The van der Waals surface area contributed by atoms with Gasteiger partial charge in [0.2, 0.25) is 15.6 Å². The summed E-state index contributed by atoms with van der Waals surface area (Å²) in [4.78, 5) is 4.15. The highest BCUT2D eigenvalue weighted by Crippen LogP contribution is 2.37. The first-order valence-electron chi connectivity index (χ1n) is 7.95. The molecule has 2 aromatic heterocycles. The molecular weight excluding hydrogens is 446 g/mol. The Morgan fingerprint density at radius 3 is 2.70 bits per heavy atom. The van der Waals surface area contributed by atoms with Crippen molar-refractivity contribution in [2.24, 2.45) is 0 Å². The number of pyridine rings is 1. The van der Waals surface area contributed by atoms with E-state index in [0.29, 0.717) is 23.0 Å². The standard InChI is InChI=1S/C16H13BrF2N4O3S/c1-7-13-15(26-22-7)12(19)14(20-11-5-2-8(17)6-10(11)18)16(21-13)23-27(24,25)9-3-4-9/h2,5-6,9,20H,3-4H2,1H3,(H,21,23). The summed E-state index contributed by atoms with van der Waals surface area (Å²) in [5.41, 5.74) is -0.257. The Bertz CT molecular complexity index is 1160. The summed E-state index contributed by atoms with van der Waals surface area (Å²) < 4.78 is 61.6. The van der Waals surface area contributed by atoms with Crippen LogP contribution in [0, 0.1) is 18.6 Å². The van der Waals surface area contributed by atoms with E-state index in [9.17, 15) is 12.8 Å². The third kappa shape index (κ3) is 3.36. The molecule has 1 aromatic carbocycles. The minimum atomic E-state index is -3.72. The van der Waals surface area contributed by atoms with Crippen LogP contribution in [0.25, 0.3) is 11.1 Å². The van der Waals surface area contributed by atoms with Crippen LogP contribution in [-0.4, -0.2) is 23.8 Å². The molecule has 0 bridgehead atoms. The number of halogens is 3. The van der Waals surface area contributed by atoms with Gasteiger partial charge in [-0.25, -0.2) is 22.2 Å². The van der Waals surface area contributed by atoms with Gasteiger partial charge >= 0.3 is 0 Å². The van der Waals surface area contributed by atoms with Gasteiger partial charge in [0.15, 0.2) is 11.6 Å². The monoisotopic (exact) mass is 458 g/mol. The largest absolute Gasteiger partial charge is 0.351 e. The zero-order valence-electron chi connectivity index (χ0n) is 13.9. The van der Waals surface area contributed by atoms with Crippen LogP contribution >= 0.6 is 15.9 Å². The molecule has 0 saturated heterocycles. The molecular formula is C16H13BrF2N4O3S. The normalized spacial score (nSPS) is 14.5. The van der Waals surface area contributed by atoms with Gasteiger partial charge in [-0.2, -0.15) is 0 Å². The van der Waals surface area contributed by atoms with E-state index in [1.165, 1.54) is 12.1 Å². The predicted octanol–water partition coefficient (Wildman–Crippen LogP) is 4.22. The highest BCUT2D eigenvalue weighted by Gasteiger charge is 2.37. The molecule has 1 aliphatic rings. The molecule has 11 heteroatoms. The van der Waals surface area contributed by atoms with Crippen LogP contribution in [0.4, 0.5) is 26.0 Å². The highest BCUT2D eigenvalue weighted by molar-refractivity contribution is 9.10. The number of hydrogen-bond donors (Lipinski definition) is 2. The average Bonchev–Trinajstić information content (AvgIpc) is 3.39. The molecule has 1 saturated carbocycles. The minimum Gasteiger partial charge on any atom is -0.351 e. The summed E-state index contributed by atoms with van der Waals surface area (Å²) in [6.07, 6.45) is 1.05. The van der Waals surface area contributed by atoms with Gasteiger partial charge < -0.3 is 9.84 Å². The molecule has 0 radical (unpaired) electrons. The third-order valence-corrected chi connectivity index (χ3v) is 6.42. The summed E-state index contributed by atoms with van der Waals surface area (Å²) in [5.74, 6) is -1.86. The van der Waals surface area contributed by atoms with Crippen molar-refractivity contribution in [3.8, 4) is 0 Å². The molecule has 0 atom stereocenters. The van der Waals surface area contributed by atoms with Gasteiger partial charge in [0, 0.05) is 4.47 Å². The van der Waals surface area contributed by atoms with Crippen LogP contribution in [0.2, 0.25) is 0 Å². The SMILES string of the molecule is Cc1noc2c(F)c(Nc3ccc(Br)cc3F)c(NS(=O)(=O)C3CC3)nc12. The second-order valence-electron chi connectivity index (χ2n) is 6.19. The van der Waals surface area contributed by atoms with Crippen LogP contribution < -0.4 is 10.0 Å². The first-order chi connectivity index (χ1) is 12.8. The van der Waals surface area contributed by atoms with Crippen LogP contribution in [0.5, 0.6) is 0 Å². The smallest absolute Gasteiger partial charge is 0.236 e. The lowest BCUT2D eigenvalue weighted by atomic mass is 10.2. The Balaban J connectivity index is 1.85. The first-order valence-corrected chi connectivity index (χ1v) is 10.3. The molecule has 1 aliphatic carbocycles. The lowest BCUT2D eigenvalue weighted by Gasteiger charge is -2.14. The van der Waals surface area contributed by atoms with Gasteiger partial charge in [-0.05, 0) is 38.0 Å². The summed E-state index contributed by atoms with van der Waals surface area (Å²) >= 11 is 3.14. The van der Waals surface area contributed by atoms with Crippen molar-refractivity contribution >= 4 is 54.2 Å². The van der Waals surface area contributed by atoms with E-state index >= 15 is 4.39 Å². The maximum atomic E-state index is 15.0. The zero-order valence-corrected chi connectivity index (χ0v) is 16.3. The molecule has 2 heterocycles. The Morgan fingerprint density at radius 1 is 1.30 bits per heavy atom. The van der Waals surface area contributed by atoms with E-state index in [1.807, 2.05) is 0 Å². The Morgan fingerprint density at radius 2 is 2.04 bits per heavy atom. The number of fused-ring (bicyclic) bond motifs is 1. The van der Waals surface area contributed by atoms with Gasteiger partial charge in [0.05, 0.1) is 10.9 Å². The second-order valence-corrected chi connectivity index (χ2v) is 9.07. The summed E-state index contributed by atoms with van der Waals surface area (Å²) in [6, 6.07) is 4.13. The Labute approximate surface area is 161 Å². The van der Waals surface area contributed by atoms with Crippen LogP contribution in [0.3, 0.4) is 0 Å². The molecule has 4 rings (SSSR count). The number of nitrogens with one attached hydrogen (secondary N) is 2. The van der Waals surface area contributed by atoms with E-state index in [2.05, 4.69) is 36.1 Å². The number of rotatable bonds is 5. The number of sulfonamides is 1. The molecule has 0 aliphatic heterocycles. The average molecular weight is 459 g/mol. The molecule has 1 fully saturated rings. The third-order valence-electron chi connectivity index (χ3n) is 4.10. The van der Waals surface area contributed by atoms with Crippen molar-refractivity contribution < 1.29 is 21.7 Å². The van der Waals surface area contributed by atoms with E-state index in [-0.39, 0.29) is 28.3 Å². The molecule has 0 unspecified atom stereocenters. The minimum absolute atomic E-state index is 0.0543.